The number of carboxylic acid groups (broad SMARTS) is 1. The van der Waals surface area contributed by atoms with Gasteiger partial charge in [-0.25, -0.2) is 9.59 Å². The number of nitrogens with one attached hydrogen (secondary N) is 3. The molecule has 0 aliphatic carbocycles. The van der Waals surface area contributed by atoms with E-state index < -0.39 is 12.0 Å². The van der Waals surface area contributed by atoms with Gasteiger partial charge in [0.25, 0.3) is 0 Å². The predicted molar refractivity (Wildman–Crippen MR) is 79.6 cm³/mol. The average Bonchev–Trinajstić information content (AvgIpc) is 2.39. The van der Waals surface area contributed by atoms with Crippen LogP contribution in [0.4, 0.5) is 16.2 Å². The number of amides is 3. The van der Waals surface area contributed by atoms with Gasteiger partial charge < -0.3 is 21.1 Å². The zero-order valence-electron chi connectivity index (χ0n) is 12.2. The molecule has 0 aromatic heterocycles. The zero-order chi connectivity index (χ0) is 16.0. The Balaban J connectivity index is 2.93. The van der Waals surface area contributed by atoms with Crippen molar-refractivity contribution in [2.75, 3.05) is 10.6 Å². The van der Waals surface area contributed by atoms with Gasteiger partial charge in [-0.3, -0.25) is 4.79 Å². The minimum atomic E-state index is -1.19. The lowest BCUT2D eigenvalue weighted by atomic mass is 10.1. The Kier molecular flexibility index (Phi) is 5.71. The summed E-state index contributed by atoms with van der Waals surface area (Å²) in [6.07, 6.45) is 0.765. The number of anilines is 2. The molecule has 1 aromatic carbocycles. The Bertz CT molecular complexity index is 557. The highest BCUT2D eigenvalue weighted by molar-refractivity contribution is 6.01. The molecule has 1 atom stereocenters. The second-order valence-corrected chi connectivity index (χ2v) is 4.65. The number of carbonyl (C=O) groups excluding carboxylic acids is 2. The molecule has 0 radical (unpaired) electrons. The summed E-state index contributed by atoms with van der Waals surface area (Å²) in [6, 6.07) is 3.76. The molecule has 7 nitrogen and oxygen atoms in total. The van der Waals surface area contributed by atoms with Crippen LogP contribution in [0.1, 0.15) is 37.6 Å². The lowest BCUT2D eigenvalue weighted by molar-refractivity contribution is -0.114. The van der Waals surface area contributed by atoms with E-state index in [-0.39, 0.29) is 23.2 Å². The molecular formula is C14H19N3O4. The van der Waals surface area contributed by atoms with Crippen molar-refractivity contribution < 1.29 is 19.5 Å². The maximum absolute atomic E-state index is 11.7. The Morgan fingerprint density at radius 2 is 1.90 bits per heavy atom. The van der Waals surface area contributed by atoms with Crippen molar-refractivity contribution in [2.45, 2.75) is 33.2 Å². The summed E-state index contributed by atoms with van der Waals surface area (Å²) >= 11 is 0. The van der Waals surface area contributed by atoms with E-state index in [4.69, 9.17) is 0 Å². The van der Waals surface area contributed by atoms with Crippen LogP contribution in [0.5, 0.6) is 0 Å². The summed E-state index contributed by atoms with van der Waals surface area (Å²) in [5.74, 6) is -1.50. The molecule has 1 rings (SSSR count). The highest BCUT2D eigenvalue weighted by Crippen LogP contribution is 2.21. The molecular weight excluding hydrogens is 274 g/mol. The van der Waals surface area contributed by atoms with Crippen molar-refractivity contribution in [3.63, 3.8) is 0 Å². The summed E-state index contributed by atoms with van der Waals surface area (Å²) in [5, 5.41) is 16.8. The molecule has 4 N–H and O–H groups in total. The van der Waals surface area contributed by atoms with Crippen LogP contribution in [0.2, 0.25) is 0 Å². The van der Waals surface area contributed by atoms with E-state index in [1.807, 2.05) is 13.8 Å². The van der Waals surface area contributed by atoms with Crippen LogP contribution in [-0.2, 0) is 4.79 Å². The molecule has 0 heterocycles. The van der Waals surface area contributed by atoms with Gasteiger partial charge in [-0.05, 0) is 31.5 Å². The summed E-state index contributed by atoms with van der Waals surface area (Å²) in [4.78, 5) is 33.9. The SMILES string of the molecule is CCC(C)NC(=O)Nc1ccc(NC(C)=O)cc1C(=O)O. The summed E-state index contributed by atoms with van der Waals surface area (Å²) in [5.41, 5.74) is 0.422. The molecule has 0 fully saturated rings. The predicted octanol–water partition coefficient (Wildman–Crippen LogP) is 2.26. The van der Waals surface area contributed by atoms with Crippen molar-refractivity contribution in [3.8, 4) is 0 Å². The molecule has 0 saturated heterocycles. The third-order valence-corrected chi connectivity index (χ3v) is 2.81. The molecule has 0 aliphatic rings. The number of carboxylic acids is 1. The van der Waals surface area contributed by atoms with Crippen molar-refractivity contribution in [2.24, 2.45) is 0 Å². The normalized spacial score (nSPS) is 11.4. The first-order valence-corrected chi connectivity index (χ1v) is 6.56. The van der Waals surface area contributed by atoms with Crippen molar-refractivity contribution in [1.29, 1.82) is 0 Å². The lowest BCUT2D eigenvalue weighted by Crippen LogP contribution is -2.36. The molecule has 0 aliphatic heterocycles. The van der Waals surface area contributed by atoms with Crippen LogP contribution >= 0.6 is 0 Å². The van der Waals surface area contributed by atoms with Gasteiger partial charge in [0.15, 0.2) is 0 Å². The molecule has 7 heteroatoms. The number of rotatable bonds is 5. The van der Waals surface area contributed by atoms with Crippen molar-refractivity contribution in [3.05, 3.63) is 23.8 Å². The van der Waals surface area contributed by atoms with Gasteiger partial charge in [-0.15, -0.1) is 0 Å². The lowest BCUT2D eigenvalue weighted by Gasteiger charge is -2.14. The largest absolute Gasteiger partial charge is 0.478 e. The molecule has 1 aromatic rings. The van der Waals surface area contributed by atoms with Crippen LogP contribution < -0.4 is 16.0 Å². The Morgan fingerprint density at radius 1 is 1.24 bits per heavy atom. The van der Waals surface area contributed by atoms with Crippen LogP contribution in [0.15, 0.2) is 18.2 Å². The van der Waals surface area contributed by atoms with Gasteiger partial charge in [0, 0.05) is 18.7 Å². The maximum Gasteiger partial charge on any atom is 0.337 e. The van der Waals surface area contributed by atoms with Crippen LogP contribution in [0.25, 0.3) is 0 Å². The van der Waals surface area contributed by atoms with E-state index >= 15 is 0 Å². The first kappa shape index (κ1) is 16.5. The van der Waals surface area contributed by atoms with E-state index in [1.54, 1.807) is 0 Å². The van der Waals surface area contributed by atoms with Crippen LogP contribution in [0, 0.1) is 0 Å². The van der Waals surface area contributed by atoms with Crippen molar-refractivity contribution >= 4 is 29.3 Å². The zero-order valence-corrected chi connectivity index (χ0v) is 12.2. The number of benzene rings is 1. The number of aromatic carboxylic acids is 1. The van der Waals surface area contributed by atoms with Crippen molar-refractivity contribution in [1.82, 2.24) is 5.32 Å². The highest BCUT2D eigenvalue weighted by atomic mass is 16.4. The fraction of sp³-hybridized carbons (Fsp3) is 0.357. The number of hydrogen-bond acceptors (Lipinski definition) is 3. The van der Waals surface area contributed by atoms with E-state index in [2.05, 4.69) is 16.0 Å². The number of hydrogen-bond donors (Lipinski definition) is 4. The molecule has 114 valence electrons. The molecule has 3 amide bonds. The van der Waals surface area contributed by atoms with Gasteiger partial charge in [-0.1, -0.05) is 6.92 Å². The van der Waals surface area contributed by atoms with Gasteiger partial charge in [0.2, 0.25) is 5.91 Å². The molecule has 0 spiro atoms. The minimum absolute atomic E-state index is 0.0167. The smallest absolute Gasteiger partial charge is 0.337 e. The first-order chi connectivity index (χ1) is 9.83. The topological polar surface area (TPSA) is 108 Å². The summed E-state index contributed by atoms with van der Waals surface area (Å²) < 4.78 is 0. The second kappa shape index (κ2) is 7.28. The van der Waals surface area contributed by atoms with Gasteiger partial charge >= 0.3 is 12.0 Å². The Morgan fingerprint density at radius 3 is 2.43 bits per heavy atom. The Hall–Kier alpha value is -2.57. The van der Waals surface area contributed by atoms with Gasteiger partial charge in [0.1, 0.15) is 0 Å². The quantitative estimate of drug-likeness (QED) is 0.667. The molecule has 21 heavy (non-hydrogen) atoms. The van der Waals surface area contributed by atoms with E-state index in [1.165, 1.54) is 25.1 Å². The number of carbonyl (C=O) groups is 3. The van der Waals surface area contributed by atoms with Gasteiger partial charge in [0.05, 0.1) is 11.3 Å². The molecule has 0 bridgehead atoms. The summed E-state index contributed by atoms with van der Waals surface area (Å²) in [7, 11) is 0. The fourth-order valence-electron chi connectivity index (χ4n) is 1.60. The number of urea groups is 1. The maximum atomic E-state index is 11.7. The summed E-state index contributed by atoms with van der Waals surface area (Å²) in [6.45, 7) is 5.10. The molecule has 1 unspecified atom stereocenters. The highest BCUT2D eigenvalue weighted by Gasteiger charge is 2.14. The molecule has 0 saturated carbocycles. The second-order valence-electron chi connectivity index (χ2n) is 4.65. The van der Waals surface area contributed by atoms with E-state index in [0.29, 0.717) is 5.69 Å². The van der Waals surface area contributed by atoms with Crippen LogP contribution in [0.3, 0.4) is 0 Å². The van der Waals surface area contributed by atoms with Gasteiger partial charge in [-0.2, -0.15) is 0 Å². The standard InChI is InChI=1S/C14H19N3O4/c1-4-8(2)15-14(21)17-12-6-5-10(16-9(3)18)7-11(12)13(19)20/h5-8H,4H2,1-3H3,(H,16,18)(H,19,20)(H2,15,17,21). The Labute approximate surface area is 122 Å². The first-order valence-electron chi connectivity index (χ1n) is 6.56. The van der Waals surface area contributed by atoms with E-state index in [0.717, 1.165) is 6.42 Å². The third-order valence-electron chi connectivity index (χ3n) is 2.81. The fourth-order valence-corrected chi connectivity index (χ4v) is 1.60. The minimum Gasteiger partial charge on any atom is -0.478 e. The van der Waals surface area contributed by atoms with Crippen LogP contribution in [-0.4, -0.2) is 29.1 Å². The van der Waals surface area contributed by atoms with E-state index in [9.17, 15) is 19.5 Å². The monoisotopic (exact) mass is 293 g/mol. The third kappa shape index (κ3) is 5.13. The average molecular weight is 293 g/mol.